The van der Waals surface area contributed by atoms with E-state index in [4.69, 9.17) is 0 Å². The minimum atomic E-state index is 0.144. The molecule has 0 heterocycles. The third kappa shape index (κ3) is 3.41. The van der Waals surface area contributed by atoms with Crippen molar-refractivity contribution < 1.29 is 4.79 Å². The summed E-state index contributed by atoms with van der Waals surface area (Å²) < 4.78 is 0. The van der Waals surface area contributed by atoms with Crippen molar-refractivity contribution in [3.05, 3.63) is 77.4 Å². The van der Waals surface area contributed by atoms with Gasteiger partial charge in [-0.3, -0.25) is 4.79 Å². The standard InChI is InChI=1S/C18H18O/c1-14(17-11-7-4-8-12-17)18(15(2)19)13-16-9-5-3-6-10-16/h3-12H,13H2,1-2H3/b18-14+. The Morgan fingerprint density at radius 3 is 1.89 bits per heavy atom. The average molecular weight is 250 g/mol. The third-order valence-electron chi connectivity index (χ3n) is 3.31. The Balaban J connectivity index is 2.38. The second-order valence-corrected chi connectivity index (χ2v) is 4.69. The summed E-state index contributed by atoms with van der Waals surface area (Å²) in [6.45, 7) is 3.67. The molecule has 2 rings (SSSR count). The zero-order valence-corrected chi connectivity index (χ0v) is 11.4. The van der Waals surface area contributed by atoms with Crippen LogP contribution in [0, 0.1) is 0 Å². The summed E-state index contributed by atoms with van der Waals surface area (Å²) >= 11 is 0. The van der Waals surface area contributed by atoms with E-state index in [1.807, 2.05) is 55.5 Å². The molecule has 0 spiro atoms. The van der Waals surface area contributed by atoms with E-state index < -0.39 is 0 Å². The molecule has 0 fully saturated rings. The second kappa shape index (κ2) is 6.14. The molecule has 1 nitrogen and oxygen atoms in total. The van der Waals surface area contributed by atoms with Crippen molar-refractivity contribution in [2.24, 2.45) is 0 Å². The van der Waals surface area contributed by atoms with Crippen LogP contribution in [-0.4, -0.2) is 5.78 Å². The molecule has 1 heteroatoms. The highest BCUT2D eigenvalue weighted by Gasteiger charge is 2.10. The lowest BCUT2D eigenvalue weighted by Gasteiger charge is -2.10. The van der Waals surface area contributed by atoms with Crippen LogP contribution in [0.2, 0.25) is 0 Å². The number of benzene rings is 2. The van der Waals surface area contributed by atoms with E-state index >= 15 is 0 Å². The molecule has 2 aromatic carbocycles. The molecule has 0 atom stereocenters. The Kier molecular flexibility index (Phi) is 4.30. The van der Waals surface area contributed by atoms with Crippen molar-refractivity contribution in [1.82, 2.24) is 0 Å². The van der Waals surface area contributed by atoms with Crippen molar-refractivity contribution in [1.29, 1.82) is 0 Å². The number of hydrogen-bond acceptors (Lipinski definition) is 1. The highest BCUT2D eigenvalue weighted by Crippen LogP contribution is 2.21. The van der Waals surface area contributed by atoms with Gasteiger partial charge in [-0.1, -0.05) is 60.7 Å². The van der Waals surface area contributed by atoms with Crippen molar-refractivity contribution in [3.63, 3.8) is 0 Å². The van der Waals surface area contributed by atoms with Gasteiger partial charge in [-0.25, -0.2) is 0 Å². The molecule has 0 unspecified atom stereocenters. The maximum Gasteiger partial charge on any atom is 0.156 e. The topological polar surface area (TPSA) is 17.1 Å². The van der Waals surface area contributed by atoms with Gasteiger partial charge in [-0.2, -0.15) is 0 Å². The van der Waals surface area contributed by atoms with Crippen molar-refractivity contribution in [3.8, 4) is 0 Å². The molecule has 0 saturated heterocycles. The summed E-state index contributed by atoms with van der Waals surface area (Å²) in [5.41, 5.74) is 4.24. The highest BCUT2D eigenvalue weighted by molar-refractivity contribution is 6.01. The molecule has 0 saturated carbocycles. The molecule has 0 aromatic heterocycles. The lowest BCUT2D eigenvalue weighted by atomic mass is 9.94. The zero-order chi connectivity index (χ0) is 13.7. The van der Waals surface area contributed by atoms with Gasteiger partial charge in [0.25, 0.3) is 0 Å². The predicted octanol–water partition coefficient (Wildman–Crippen LogP) is 4.29. The summed E-state index contributed by atoms with van der Waals surface area (Å²) in [5, 5.41) is 0. The van der Waals surface area contributed by atoms with Gasteiger partial charge in [-0.05, 0) is 30.5 Å². The Hall–Kier alpha value is -2.15. The number of allylic oxidation sites excluding steroid dienone is 2. The monoisotopic (exact) mass is 250 g/mol. The van der Waals surface area contributed by atoms with Crippen LogP contribution >= 0.6 is 0 Å². The Morgan fingerprint density at radius 1 is 0.842 bits per heavy atom. The van der Waals surface area contributed by atoms with Crippen LogP contribution < -0.4 is 0 Å². The molecule has 19 heavy (non-hydrogen) atoms. The van der Waals surface area contributed by atoms with E-state index in [0.29, 0.717) is 6.42 Å². The Morgan fingerprint density at radius 2 is 1.37 bits per heavy atom. The number of ketones is 1. The fourth-order valence-electron chi connectivity index (χ4n) is 2.18. The van der Waals surface area contributed by atoms with E-state index in [0.717, 1.165) is 16.7 Å². The van der Waals surface area contributed by atoms with E-state index in [-0.39, 0.29) is 5.78 Å². The average Bonchev–Trinajstić information content (AvgIpc) is 2.46. The first-order chi connectivity index (χ1) is 9.18. The van der Waals surface area contributed by atoms with Gasteiger partial charge in [0.1, 0.15) is 0 Å². The Labute approximate surface area is 114 Å². The highest BCUT2D eigenvalue weighted by atomic mass is 16.1. The van der Waals surface area contributed by atoms with Crippen LogP contribution in [0.25, 0.3) is 5.57 Å². The minimum absolute atomic E-state index is 0.144. The fourth-order valence-corrected chi connectivity index (χ4v) is 2.18. The van der Waals surface area contributed by atoms with Gasteiger partial charge in [-0.15, -0.1) is 0 Å². The van der Waals surface area contributed by atoms with E-state index in [1.165, 1.54) is 5.56 Å². The summed E-state index contributed by atoms with van der Waals surface area (Å²) in [5.74, 6) is 0.144. The maximum atomic E-state index is 11.9. The molecule has 0 amide bonds. The van der Waals surface area contributed by atoms with Crippen molar-refractivity contribution >= 4 is 11.4 Å². The number of hydrogen-bond donors (Lipinski definition) is 0. The second-order valence-electron chi connectivity index (χ2n) is 4.69. The van der Waals surface area contributed by atoms with Gasteiger partial charge in [0.15, 0.2) is 5.78 Å². The van der Waals surface area contributed by atoms with Gasteiger partial charge in [0.05, 0.1) is 0 Å². The third-order valence-corrected chi connectivity index (χ3v) is 3.31. The van der Waals surface area contributed by atoms with Crippen LogP contribution in [0.4, 0.5) is 0 Å². The molecule has 0 aliphatic rings. The number of carbonyl (C=O) groups excluding carboxylic acids is 1. The molecule has 0 bridgehead atoms. The minimum Gasteiger partial charge on any atom is -0.295 e. The quantitative estimate of drug-likeness (QED) is 0.740. The van der Waals surface area contributed by atoms with Gasteiger partial charge < -0.3 is 0 Å². The van der Waals surface area contributed by atoms with E-state index in [1.54, 1.807) is 6.92 Å². The van der Waals surface area contributed by atoms with Crippen LogP contribution in [0.5, 0.6) is 0 Å². The number of carbonyl (C=O) groups is 1. The van der Waals surface area contributed by atoms with E-state index in [9.17, 15) is 4.79 Å². The molecule has 0 radical (unpaired) electrons. The molecule has 2 aromatic rings. The van der Waals surface area contributed by atoms with Crippen molar-refractivity contribution in [2.45, 2.75) is 20.3 Å². The van der Waals surface area contributed by atoms with Crippen LogP contribution in [-0.2, 0) is 11.2 Å². The van der Waals surface area contributed by atoms with E-state index in [2.05, 4.69) is 12.1 Å². The number of Topliss-reactive ketones (excluding diaryl/α,β-unsaturated/α-hetero) is 1. The summed E-state index contributed by atoms with van der Waals surface area (Å²) in [4.78, 5) is 11.9. The molecular weight excluding hydrogens is 232 g/mol. The lowest BCUT2D eigenvalue weighted by molar-refractivity contribution is -0.113. The predicted molar refractivity (Wildman–Crippen MR) is 79.9 cm³/mol. The summed E-state index contributed by atoms with van der Waals surface area (Å²) in [6.07, 6.45) is 0.691. The van der Waals surface area contributed by atoms with Crippen LogP contribution in [0.15, 0.2) is 66.2 Å². The molecular formula is C18H18O. The first-order valence-electron chi connectivity index (χ1n) is 6.48. The zero-order valence-electron chi connectivity index (χ0n) is 11.4. The summed E-state index contributed by atoms with van der Waals surface area (Å²) in [7, 11) is 0. The molecule has 0 aliphatic carbocycles. The smallest absolute Gasteiger partial charge is 0.156 e. The first kappa shape index (κ1) is 13.3. The van der Waals surface area contributed by atoms with Crippen molar-refractivity contribution in [2.75, 3.05) is 0 Å². The molecule has 0 N–H and O–H groups in total. The van der Waals surface area contributed by atoms with Gasteiger partial charge in [0.2, 0.25) is 0 Å². The SMILES string of the molecule is CC(=O)/C(Cc1ccccc1)=C(\C)c1ccccc1. The van der Waals surface area contributed by atoms with Crippen LogP contribution in [0.1, 0.15) is 25.0 Å². The number of rotatable bonds is 4. The largest absolute Gasteiger partial charge is 0.295 e. The molecule has 0 aliphatic heterocycles. The van der Waals surface area contributed by atoms with Gasteiger partial charge >= 0.3 is 0 Å². The summed E-state index contributed by atoms with van der Waals surface area (Å²) in [6, 6.07) is 20.2. The van der Waals surface area contributed by atoms with Gasteiger partial charge in [0, 0.05) is 12.0 Å². The molecule has 96 valence electrons. The maximum absolute atomic E-state index is 11.9. The lowest BCUT2D eigenvalue weighted by Crippen LogP contribution is -2.03. The normalized spacial score (nSPS) is 11.9. The first-order valence-corrected chi connectivity index (χ1v) is 6.48. The Bertz CT molecular complexity index is 580. The fraction of sp³-hybridized carbons (Fsp3) is 0.167. The van der Waals surface area contributed by atoms with Crippen LogP contribution in [0.3, 0.4) is 0 Å².